The molecule has 4 amide bonds. The van der Waals surface area contributed by atoms with Crippen molar-refractivity contribution in [2.45, 2.75) is 77.4 Å². The molecule has 2 aromatic carbocycles. The fraction of sp³-hybridized carbons (Fsp3) is 0.515. The van der Waals surface area contributed by atoms with Crippen molar-refractivity contribution in [1.82, 2.24) is 16.0 Å². The van der Waals surface area contributed by atoms with Gasteiger partial charge in [0.15, 0.2) is 0 Å². The molecule has 0 saturated heterocycles. The van der Waals surface area contributed by atoms with E-state index in [1.165, 1.54) is 24.3 Å². The lowest BCUT2D eigenvalue weighted by Gasteiger charge is -2.36. The van der Waals surface area contributed by atoms with Gasteiger partial charge in [0.1, 0.15) is 23.3 Å². The summed E-state index contributed by atoms with van der Waals surface area (Å²) in [5.74, 6) is -3.21. The molecule has 274 valence electrons. The van der Waals surface area contributed by atoms with Gasteiger partial charge in [0.25, 0.3) is 17.1 Å². The van der Waals surface area contributed by atoms with Gasteiger partial charge in [-0.25, -0.2) is 0 Å². The summed E-state index contributed by atoms with van der Waals surface area (Å²) in [5.41, 5.74) is -2.37. The molecule has 2 saturated carbocycles. The zero-order valence-electron chi connectivity index (χ0n) is 28.7. The first-order valence-corrected chi connectivity index (χ1v) is 16.7. The van der Waals surface area contributed by atoms with Crippen molar-refractivity contribution in [3.63, 3.8) is 0 Å². The first-order valence-electron chi connectivity index (χ1n) is 16.7. The van der Waals surface area contributed by atoms with E-state index < -0.39 is 79.9 Å². The normalized spacial score (nSPS) is 15.3. The molecule has 0 unspecified atom stereocenters. The van der Waals surface area contributed by atoms with Gasteiger partial charge in [-0.1, -0.05) is 27.7 Å². The Balaban J connectivity index is 1.46. The van der Waals surface area contributed by atoms with Crippen molar-refractivity contribution in [1.29, 1.82) is 0 Å². The number of nitrogens with zero attached hydrogens (tertiary/aromatic N) is 3. The van der Waals surface area contributed by atoms with Crippen LogP contribution in [0.1, 0.15) is 59.8 Å². The number of nitrogens with one attached hydrogen (secondary N) is 5. The summed E-state index contributed by atoms with van der Waals surface area (Å²) in [6, 6.07) is 6.24. The molecule has 0 aromatic heterocycles. The van der Waals surface area contributed by atoms with Gasteiger partial charge in [-0.2, -0.15) is 0 Å². The smallest absolute Gasteiger partial charge is 0.299 e. The number of carbonyl (C=O) groups excluding carboxylic acids is 4. The van der Waals surface area contributed by atoms with E-state index in [-0.39, 0.29) is 35.5 Å². The number of carbonyl (C=O) groups is 4. The van der Waals surface area contributed by atoms with E-state index in [1.807, 2.05) is 13.8 Å². The van der Waals surface area contributed by atoms with E-state index in [0.717, 1.165) is 18.2 Å². The third-order valence-electron chi connectivity index (χ3n) is 8.91. The Morgan fingerprint density at radius 3 is 1.86 bits per heavy atom. The second kappa shape index (κ2) is 15.9. The van der Waals surface area contributed by atoms with E-state index in [2.05, 4.69) is 26.6 Å². The Bertz CT molecular complexity index is 1680. The standard InChI is InChI=1S/C33H42N8O10/c1-18(2)15-26(30(43)35-22-9-11-23(12-10-22)39(46)47)36-28(42)17-34-32(45)33(20-5-6-20,21-7-8-21)38-31(44)29(19(3)4)37-25-14-13-24(40(48)49)16-27(25)41(50)51/h9-14,16,18-21,26,29,37H,5-8,15,17H2,1-4H3,(H,34,45)(H,35,43)(H,36,42)(H,38,44)/t26-,29-/m0/s1. The topological polar surface area (TPSA) is 258 Å². The third kappa shape index (κ3) is 9.52. The third-order valence-corrected chi connectivity index (χ3v) is 8.91. The number of amides is 4. The van der Waals surface area contributed by atoms with E-state index in [9.17, 15) is 49.5 Å². The highest BCUT2D eigenvalue weighted by molar-refractivity contribution is 5.99. The summed E-state index contributed by atoms with van der Waals surface area (Å²) in [6.07, 6.45) is 2.89. The summed E-state index contributed by atoms with van der Waals surface area (Å²) < 4.78 is 0. The summed E-state index contributed by atoms with van der Waals surface area (Å²) >= 11 is 0. The zero-order valence-corrected chi connectivity index (χ0v) is 28.7. The molecule has 2 aliphatic rings. The fourth-order valence-electron chi connectivity index (χ4n) is 6.08. The minimum atomic E-state index is -1.35. The molecule has 18 heteroatoms. The lowest BCUT2D eigenvalue weighted by molar-refractivity contribution is -0.393. The molecule has 2 aliphatic carbocycles. The highest BCUT2D eigenvalue weighted by Crippen LogP contribution is 2.52. The first-order chi connectivity index (χ1) is 24.0. The molecule has 2 fully saturated rings. The summed E-state index contributed by atoms with van der Waals surface area (Å²) in [4.78, 5) is 85.9. The average molecular weight is 711 g/mol. The summed E-state index contributed by atoms with van der Waals surface area (Å²) in [6.45, 7) is 6.65. The number of nitro groups is 3. The van der Waals surface area contributed by atoms with Crippen LogP contribution in [0.3, 0.4) is 0 Å². The molecular formula is C33H42N8O10. The molecule has 0 bridgehead atoms. The molecule has 0 spiro atoms. The van der Waals surface area contributed by atoms with Crippen LogP contribution in [-0.2, 0) is 19.2 Å². The largest absolute Gasteiger partial charge is 0.368 e. The van der Waals surface area contributed by atoms with Crippen LogP contribution in [0, 0.1) is 54.0 Å². The van der Waals surface area contributed by atoms with Crippen LogP contribution >= 0.6 is 0 Å². The highest BCUT2D eigenvalue weighted by Gasteiger charge is 2.60. The van der Waals surface area contributed by atoms with Crippen LogP contribution < -0.4 is 26.6 Å². The van der Waals surface area contributed by atoms with Crippen molar-refractivity contribution in [2.24, 2.45) is 23.7 Å². The van der Waals surface area contributed by atoms with Gasteiger partial charge in [0.2, 0.25) is 23.6 Å². The van der Waals surface area contributed by atoms with Gasteiger partial charge in [-0.05, 0) is 74.0 Å². The Morgan fingerprint density at radius 2 is 1.37 bits per heavy atom. The molecule has 0 heterocycles. The molecule has 18 nitrogen and oxygen atoms in total. The maximum Gasteiger partial charge on any atom is 0.299 e. The van der Waals surface area contributed by atoms with Crippen LogP contribution in [0.4, 0.5) is 28.4 Å². The van der Waals surface area contributed by atoms with Gasteiger partial charge in [-0.15, -0.1) is 0 Å². The second-order valence-electron chi connectivity index (χ2n) is 13.7. The van der Waals surface area contributed by atoms with E-state index in [4.69, 9.17) is 0 Å². The van der Waals surface area contributed by atoms with Gasteiger partial charge in [-0.3, -0.25) is 49.5 Å². The number of hydrogen-bond donors (Lipinski definition) is 5. The summed E-state index contributed by atoms with van der Waals surface area (Å²) in [7, 11) is 0. The molecule has 2 aromatic rings. The molecule has 5 N–H and O–H groups in total. The highest BCUT2D eigenvalue weighted by atomic mass is 16.6. The second-order valence-corrected chi connectivity index (χ2v) is 13.7. The number of nitro benzene ring substituents is 3. The van der Waals surface area contributed by atoms with Crippen LogP contribution in [0.5, 0.6) is 0 Å². The lowest BCUT2D eigenvalue weighted by Crippen LogP contribution is -2.65. The monoisotopic (exact) mass is 710 g/mol. The zero-order chi connectivity index (χ0) is 37.6. The van der Waals surface area contributed by atoms with Gasteiger partial charge >= 0.3 is 0 Å². The van der Waals surface area contributed by atoms with Crippen molar-refractivity contribution >= 4 is 52.1 Å². The lowest BCUT2D eigenvalue weighted by atomic mass is 9.85. The fourth-order valence-corrected chi connectivity index (χ4v) is 6.08. The first kappa shape index (κ1) is 38.1. The van der Waals surface area contributed by atoms with E-state index >= 15 is 0 Å². The molecular weight excluding hydrogens is 668 g/mol. The Morgan fingerprint density at radius 1 is 0.804 bits per heavy atom. The predicted octanol–water partition coefficient (Wildman–Crippen LogP) is 3.81. The van der Waals surface area contributed by atoms with Gasteiger partial charge in [0, 0.05) is 23.9 Å². The maximum absolute atomic E-state index is 14.0. The van der Waals surface area contributed by atoms with Crippen LogP contribution in [0.15, 0.2) is 42.5 Å². The Labute approximate surface area is 292 Å². The van der Waals surface area contributed by atoms with Crippen molar-refractivity contribution in [3.8, 4) is 0 Å². The van der Waals surface area contributed by atoms with Gasteiger partial charge < -0.3 is 26.6 Å². The molecule has 0 aliphatic heterocycles. The number of non-ortho nitro benzene ring substituents is 2. The number of benzene rings is 2. The molecule has 4 rings (SSSR count). The van der Waals surface area contributed by atoms with Crippen LogP contribution in [-0.4, -0.2) is 62.6 Å². The quantitative estimate of drug-likeness (QED) is 0.110. The van der Waals surface area contributed by atoms with E-state index in [1.54, 1.807) is 13.8 Å². The Kier molecular flexibility index (Phi) is 11.9. The number of hydrogen-bond acceptors (Lipinski definition) is 11. The van der Waals surface area contributed by atoms with Crippen molar-refractivity contribution < 1.29 is 33.9 Å². The van der Waals surface area contributed by atoms with Crippen LogP contribution in [0.2, 0.25) is 0 Å². The van der Waals surface area contributed by atoms with Crippen LogP contribution in [0.25, 0.3) is 0 Å². The maximum atomic E-state index is 14.0. The van der Waals surface area contributed by atoms with Crippen molar-refractivity contribution in [3.05, 3.63) is 72.8 Å². The molecule has 0 radical (unpaired) electrons. The minimum Gasteiger partial charge on any atom is -0.368 e. The Hall–Kier alpha value is -5.68. The number of anilines is 2. The number of rotatable bonds is 18. The van der Waals surface area contributed by atoms with Crippen molar-refractivity contribution in [2.75, 3.05) is 17.2 Å². The summed E-state index contributed by atoms with van der Waals surface area (Å²) in [5, 5.41) is 47.7. The molecule has 2 atom stereocenters. The predicted molar refractivity (Wildman–Crippen MR) is 184 cm³/mol. The minimum absolute atomic E-state index is 0.00459. The average Bonchev–Trinajstić information content (AvgIpc) is 3.99. The SMILES string of the molecule is CC(C)C[C@H](NC(=O)CNC(=O)C(NC(=O)[C@@H](Nc1ccc([N+](=O)[O-])cc1[N+](=O)[O-])C(C)C)(C1CC1)C1CC1)C(=O)Nc1ccc([N+](=O)[O-])cc1. The molecule has 51 heavy (non-hydrogen) atoms. The van der Waals surface area contributed by atoms with E-state index in [0.29, 0.717) is 31.4 Å². The van der Waals surface area contributed by atoms with Gasteiger partial charge in [0.05, 0.1) is 27.4 Å².